The van der Waals surface area contributed by atoms with E-state index in [1.807, 2.05) is 6.92 Å². The second-order valence-corrected chi connectivity index (χ2v) is 4.25. The van der Waals surface area contributed by atoms with Gasteiger partial charge in [-0.1, -0.05) is 12.1 Å². The van der Waals surface area contributed by atoms with Gasteiger partial charge in [0, 0.05) is 12.6 Å². The van der Waals surface area contributed by atoms with Crippen LogP contribution in [0.4, 0.5) is 13.2 Å². The van der Waals surface area contributed by atoms with E-state index in [1.165, 1.54) is 6.07 Å². The topological polar surface area (TPSA) is 21.3 Å². The molecule has 1 aliphatic rings. The number of halogens is 3. The van der Waals surface area contributed by atoms with E-state index in [-0.39, 0.29) is 12.1 Å². The standard InChI is InChI=1S/C12H14F3NO/c1-8-7-17-11(6-16-8)9-3-2-4-10(5-9)12(13,14)15/h2-5,8,11,16H,6-7H2,1H3/t8-,11?/m1/s1. The van der Waals surface area contributed by atoms with Crippen molar-refractivity contribution in [2.24, 2.45) is 0 Å². The van der Waals surface area contributed by atoms with E-state index < -0.39 is 11.7 Å². The largest absolute Gasteiger partial charge is 0.416 e. The first kappa shape index (κ1) is 12.4. The van der Waals surface area contributed by atoms with Gasteiger partial charge in [-0.05, 0) is 24.6 Å². The Bertz CT molecular complexity index is 384. The van der Waals surface area contributed by atoms with Crippen LogP contribution in [-0.2, 0) is 10.9 Å². The molecule has 1 unspecified atom stereocenters. The molecule has 2 nitrogen and oxygen atoms in total. The summed E-state index contributed by atoms with van der Waals surface area (Å²) >= 11 is 0. The molecule has 1 fully saturated rings. The third-order valence-electron chi connectivity index (χ3n) is 2.78. The van der Waals surface area contributed by atoms with Crippen molar-refractivity contribution >= 4 is 0 Å². The van der Waals surface area contributed by atoms with Crippen molar-refractivity contribution in [3.05, 3.63) is 35.4 Å². The Kier molecular flexibility index (Phi) is 3.40. The SMILES string of the molecule is C[C@@H]1COC(c2cccc(C(F)(F)F)c2)CN1. The van der Waals surface area contributed by atoms with Crippen LogP contribution in [0.3, 0.4) is 0 Å². The average molecular weight is 245 g/mol. The molecule has 1 saturated heterocycles. The first-order chi connectivity index (χ1) is 7.97. The number of hydrogen-bond donors (Lipinski definition) is 1. The normalized spacial score (nSPS) is 25.9. The molecule has 0 aromatic heterocycles. The molecule has 0 radical (unpaired) electrons. The van der Waals surface area contributed by atoms with Gasteiger partial charge in [0.05, 0.1) is 18.3 Å². The van der Waals surface area contributed by atoms with E-state index in [2.05, 4.69) is 5.32 Å². The van der Waals surface area contributed by atoms with Crippen LogP contribution in [0.25, 0.3) is 0 Å². The average Bonchev–Trinajstić information content (AvgIpc) is 2.29. The molecular formula is C12H14F3NO. The first-order valence-corrected chi connectivity index (χ1v) is 5.49. The molecule has 94 valence electrons. The molecular weight excluding hydrogens is 231 g/mol. The Hall–Kier alpha value is -1.07. The molecule has 1 aliphatic heterocycles. The molecule has 0 bridgehead atoms. The van der Waals surface area contributed by atoms with E-state index in [9.17, 15) is 13.2 Å². The van der Waals surface area contributed by atoms with Crippen LogP contribution in [0.5, 0.6) is 0 Å². The minimum Gasteiger partial charge on any atom is -0.371 e. The summed E-state index contributed by atoms with van der Waals surface area (Å²) in [6.45, 7) is 3.03. The highest BCUT2D eigenvalue weighted by atomic mass is 19.4. The molecule has 0 saturated carbocycles. The van der Waals surface area contributed by atoms with Gasteiger partial charge in [-0.2, -0.15) is 13.2 Å². The minimum absolute atomic E-state index is 0.247. The third kappa shape index (κ3) is 2.98. The van der Waals surface area contributed by atoms with Crippen LogP contribution in [0.2, 0.25) is 0 Å². The van der Waals surface area contributed by atoms with Gasteiger partial charge in [-0.25, -0.2) is 0 Å². The van der Waals surface area contributed by atoms with Crippen molar-refractivity contribution in [1.82, 2.24) is 5.32 Å². The monoisotopic (exact) mass is 245 g/mol. The molecule has 1 aromatic carbocycles. The van der Waals surface area contributed by atoms with E-state index in [1.54, 1.807) is 6.07 Å². The fourth-order valence-corrected chi connectivity index (χ4v) is 1.82. The molecule has 5 heteroatoms. The van der Waals surface area contributed by atoms with Crippen LogP contribution in [-0.4, -0.2) is 19.2 Å². The number of rotatable bonds is 1. The number of nitrogens with one attached hydrogen (secondary N) is 1. The van der Waals surface area contributed by atoms with Crippen LogP contribution >= 0.6 is 0 Å². The lowest BCUT2D eigenvalue weighted by molar-refractivity contribution is -0.137. The number of morpholine rings is 1. The molecule has 0 amide bonds. The van der Waals surface area contributed by atoms with Gasteiger partial charge in [-0.15, -0.1) is 0 Å². The van der Waals surface area contributed by atoms with Crippen molar-refractivity contribution in [3.8, 4) is 0 Å². The summed E-state index contributed by atoms with van der Waals surface area (Å²) in [4.78, 5) is 0. The van der Waals surface area contributed by atoms with E-state index in [4.69, 9.17) is 4.74 Å². The zero-order valence-corrected chi connectivity index (χ0v) is 9.42. The van der Waals surface area contributed by atoms with E-state index in [0.29, 0.717) is 18.7 Å². The van der Waals surface area contributed by atoms with Gasteiger partial charge in [0.25, 0.3) is 0 Å². The Morgan fingerprint density at radius 1 is 1.35 bits per heavy atom. The zero-order valence-electron chi connectivity index (χ0n) is 9.42. The highest BCUT2D eigenvalue weighted by Crippen LogP contribution is 2.31. The lowest BCUT2D eigenvalue weighted by Gasteiger charge is -2.28. The number of hydrogen-bond acceptors (Lipinski definition) is 2. The predicted octanol–water partition coefficient (Wildman–Crippen LogP) is 2.75. The van der Waals surface area contributed by atoms with E-state index >= 15 is 0 Å². The van der Waals surface area contributed by atoms with Gasteiger partial charge in [0.1, 0.15) is 0 Å². The van der Waals surface area contributed by atoms with Crippen LogP contribution < -0.4 is 5.32 Å². The smallest absolute Gasteiger partial charge is 0.371 e. The van der Waals surface area contributed by atoms with Gasteiger partial charge >= 0.3 is 6.18 Å². The Morgan fingerprint density at radius 2 is 2.12 bits per heavy atom. The maximum atomic E-state index is 12.5. The summed E-state index contributed by atoms with van der Waals surface area (Å²) in [6, 6.07) is 5.55. The molecule has 2 rings (SSSR count). The van der Waals surface area contributed by atoms with Crippen LogP contribution in [0.15, 0.2) is 24.3 Å². The third-order valence-corrected chi connectivity index (χ3v) is 2.78. The summed E-state index contributed by atoms with van der Waals surface area (Å²) in [5.41, 5.74) is -0.0588. The number of ether oxygens (including phenoxy) is 1. The fourth-order valence-electron chi connectivity index (χ4n) is 1.82. The minimum atomic E-state index is -4.30. The Balaban J connectivity index is 2.16. The number of alkyl halides is 3. The zero-order chi connectivity index (χ0) is 12.5. The van der Waals surface area contributed by atoms with Gasteiger partial charge < -0.3 is 10.1 Å². The lowest BCUT2D eigenvalue weighted by atomic mass is 10.0. The van der Waals surface area contributed by atoms with Gasteiger partial charge in [0.15, 0.2) is 0 Å². The molecule has 0 spiro atoms. The highest BCUT2D eigenvalue weighted by molar-refractivity contribution is 5.27. The first-order valence-electron chi connectivity index (χ1n) is 5.49. The summed E-state index contributed by atoms with van der Waals surface area (Å²) < 4.78 is 43.1. The maximum Gasteiger partial charge on any atom is 0.416 e. The highest BCUT2D eigenvalue weighted by Gasteiger charge is 2.31. The summed E-state index contributed by atoms with van der Waals surface area (Å²) in [6.07, 6.45) is -4.60. The Labute approximate surface area is 97.8 Å². The predicted molar refractivity (Wildman–Crippen MR) is 57.6 cm³/mol. The van der Waals surface area contributed by atoms with Crippen molar-refractivity contribution in [3.63, 3.8) is 0 Å². The summed E-state index contributed by atoms with van der Waals surface area (Å²) in [7, 11) is 0. The van der Waals surface area contributed by atoms with Gasteiger partial charge in [0.2, 0.25) is 0 Å². The fraction of sp³-hybridized carbons (Fsp3) is 0.500. The molecule has 1 aromatic rings. The molecule has 0 aliphatic carbocycles. The molecule has 2 atom stereocenters. The number of benzene rings is 1. The lowest BCUT2D eigenvalue weighted by Crippen LogP contribution is -2.40. The summed E-state index contributed by atoms with van der Waals surface area (Å²) in [5, 5.41) is 3.18. The quantitative estimate of drug-likeness (QED) is 0.821. The maximum absolute atomic E-state index is 12.5. The van der Waals surface area contributed by atoms with Crippen LogP contribution in [0.1, 0.15) is 24.2 Å². The van der Waals surface area contributed by atoms with Crippen molar-refractivity contribution in [1.29, 1.82) is 0 Å². The Morgan fingerprint density at radius 3 is 2.71 bits per heavy atom. The van der Waals surface area contributed by atoms with E-state index in [0.717, 1.165) is 12.1 Å². The van der Waals surface area contributed by atoms with Crippen molar-refractivity contribution in [2.45, 2.75) is 25.2 Å². The van der Waals surface area contributed by atoms with Crippen molar-refractivity contribution in [2.75, 3.05) is 13.2 Å². The van der Waals surface area contributed by atoms with Gasteiger partial charge in [-0.3, -0.25) is 0 Å². The molecule has 1 N–H and O–H groups in total. The second-order valence-electron chi connectivity index (χ2n) is 4.25. The summed E-state index contributed by atoms with van der Waals surface area (Å²) in [5.74, 6) is 0. The molecule has 1 heterocycles. The van der Waals surface area contributed by atoms with Crippen molar-refractivity contribution < 1.29 is 17.9 Å². The second kappa shape index (κ2) is 4.66. The van der Waals surface area contributed by atoms with Crippen LogP contribution in [0, 0.1) is 0 Å². The molecule has 17 heavy (non-hydrogen) atoms.